The van der Waals surface area contributed by atoms with E-state index >= 15 is 0 Å². The summed E-state index contributed by atoms with van der Waals surface area (Å²) in [6.45, 7) is 0. The molecular weight excluding hydrogens is 278 g/mol. The Morgan fingerprint density at radius 3 is 2.77 bits per heavy atom. The standard InChI is InChI=1S/C15H23N7/c1-17-14-12(9-19-22(14)2)13-7-8-18-15(21-13)20-11-5-3-10(16)4-6-11/h7-11,17H,3-6,16H2,1-2H3,(H,18,20,21)/t10-,11-. The second kappa shape index (κ2) is 6.31. The number of anilines is 2. The van der Waals surface area contributed by atoms with Crippen LogP contribution in [0.2, 0.25) is 0 Å². The van der Waals surface area contributed by atoms with Crippen molar-refractivity contribution < 1.29 is 0 Å². The van der Waals surface area contributed by atoms with Crippen LogP contribution in [-0.2, 0) is 7.05 Å². The smallest absolute Gasteiger partial charge is 0.223 e. The number of rotatable bonds is 4. The zero-order valence-electron chi connectivity index (χ0n) is 13.1. The third-order valence-electron chi connectivity index (χ3n) is 4.21. The van der Waals surface area contributed by atoms with Gasteiger partial charge in [-0.25, -0.2) is 9.97 Å². The summed E-state index contributed by atoms with van der Waals surface area (Å²) in [5.41, 5.74) is 7.79. The van der Waals surface area contributed by atoms with Gasteiger partial charge in [0, 0.05) is 32.4 Å². The molecule has 0 amide bonds. The van der Waals surface area contributed by atoms with E-state index in [1.807, 2.05) is 26.4 Å². The highest BCUT2D eigenvalue weighted by Gasteiger charge is 2.19. The van der Waals surface area contributed by atoms with Crippen LogP contribution in [0, 0.1) is 0 Å². The number of aromatic nitrogens is 4. The van der Waals surface area contributed by atoms with Gasteiger partial charge in [-0.05, 0) is 31.7 Å². The molecule has 2 aromatic heterocycles. The van der Waals surface area contributed by atoms with E-state index in [-0.39, 0.29) is 0 Å². The molecule has 0 spiro atoms. The summed E-state index contributed by atoms with van der Waals surface area (Å²) in [5, 5.41) is 10.9. The van der Waals surface area contributed by atoms with E-state index in [2.05, 4.69) is 25.7 Å². The van der Waals surface area contributed by atoms with E-state index in [0.717, 1.165) is 42.8 Å². The number of hydrogen-bond acceptors (Lipinski definition) is 6. The van der Waals surface area contributed by atoms with Crippen LogP contribution in [0.25, 0.3) is 11.3 Å². The van der Waals surface area contributed by atoms with Gasteiger partial charge in [-0.1, -0.05) is 0 Å². The largest absolute Gasteiger partial charge is 0.373 e. The van der Waals surface area contributed by atoms with Gasteiger partial charge in [-0.2, -0.15) is 5.10 Å². The molecule has 1 aliphatic rings. The molecule has 1 saturated carbocycles. The molecule has 0 aliphatic heterocycles. The Labute approximate surface area is 130 Å². The first-order valence-electron chi connectivity index (χ1n) is 7.72. The highest BCUT2D eigenvalue weighted by atomic mass is 15.3. The second-order valence-corrected chi connectivity index (χ2v) is 5.80. The van der Waals surface area contributed by atoms with Crippen molar-refractivity contribution in [2.75, 3.05) is 17.7 Å². The highest BCUT2D eigenvalue weighted by Crippen LogP contribution is 2.26. The number of aryl methyl sites for hydroxylation is 1. The molecule has 0 atom stereocenters. The van der Waals surface area contributed by atoms with Crippen molar-refractivity contribution in [1.29, 1.82) is 0 Å². The number of nitrogens with one attached hydrogen (secondary N) is 2. The molecule has 0 radical (unpaired) electrons. The van der Waals surface area contributed by atoms with E-state index in [4.69, 9.17) is 5.73 Å². The van der Waals surface area contributed by atoms with Gasteiger partial charge in [0.1, 0.15) is 5.82 Å². The maximum Gasteiger partial charge on any atom is 0.223 e. The SMILES string of the molecule is CNc1c(-c2ccnc(N[C@H]3CC[C@H](N)CC3)n2)cnn1C. The number of nitrogens with zero attached hydrogens (tertiary/aromatic N) is 4. The van der Waals surface area contributed by atoms with Gasteiger partial charge >= 0.3 is 0 Å². The molecule has 3 rings (SSSR count). The molecule has 4 N–H and O–H groups in total. The summed E-state index contributed by atoms with van der Waals surface area (Å²) in [6.07, 6.45) is 7.86. The van der Waals surface area contributed by atoms with E-state index in [1.54, 1.807) is 10.9 Å². The van der Waals surface area contributed by atoms with Crippen molar-refractivity contribution in [2.24, 2.45) is 12.8 Å². The topological polar surface area (TPSA) is 93.7 Å². The molecule has 2 heterocycles. The molecule has 2 aromatic rings. The Bertz CT molecular complexity index is 629. The van der Waals surface area contributed by atoms with E-state index < -0.39 is 0 Å². The molecule has 1 aliphatic carbocycles. The van der Waals surface area contributed by atoms with Crippen LogP contribution >= 0.6 is 0 Å². The molecule has 0 saturated heterocycles. The first-order valence-corrected chi connectivity index (χ1v) is 7.72. The minimum atomic E-state index is 0.346. The minimum absolute atomic E-state index is 0.346. The average Bonchev–Trinajstić information content (AvgIpc) is 2.91. The summed E-state index contributed by atoms with van der Waals surface area (Å²) in [4.78, 5) is 8.97. The lowest BCUT2D eigenvalue weighted by molar-refractivity contribution is 0.410. The lowest BCUT2D eigenvalue weighted by Crippen LogP contribution is -2.33. The van der Waals surface area contributed by atoms with Gasteiger partial charge < -0.3 is 16.4 Å². The van der Waals surface area contributed by atoms with Gasteiger partial charge in [0.2, 0.25) is 5.95 Å². The third kappa shape index (κ3) is 3.04. The van der Waals surface area contributed by atoms with Gasteiger partial charge in [0.05, 0.1) is 17.5 Å². The van der Waals surface area contributed by atoms with E-state index in [0.29, 0.717) is 18.0 Å². The summed E-state index contributed by atoms with van der Waals surface area (Å²) in [6, 6.07) is 2.66. The lowest BCUT2D eigenvalue weighted by atomic mass is 9.92. The highest BCUT2D eigenvalue weighted by molar-refractivity contribution is 5.72. The molecule has 0 aromatic carbocycles. The van der Waals surface area contributed by atoms with Crippen LogP contribution in [0.15, 0.2) is 18.5 Å². The first-order chi connectivity index (χ1) is 10.7. The number of hydrogen-bond donors (Lipinski definition) is 3. The number of nitrogens with two attached hydrogens (primary N) is 1. The van der Waals surface area contributed by atoms with Gasteiger partial charge in [0.15, 0.2) is 0 Å². The molecule has 0 bridgehead atoms. The molecule has 22 heavy (non-hydrogen) atoms. The fourth-order valence-electron chi connectivity index (χ4n) is 2.95. The third-order valence-corrected chi connectivity index (χ3v) is 4.21. The van der Waals surface area contributed by atoms with Crippen molar-refractivity contribution in [1.82, 2.24) is 19.7 Å². The van der Waals surface area contributed by atoms with Crippen molar-refractivity contribution in [3.63, 3.8) is 0 Å². The quantitative estimate of drug-likeness (QED) is 0.794. The fraction of sp³-hybridized carbons (Fsp3) is 0.533. The van der Waals surface area contributed by atoms with Crippen molar-refractivity contribution in [3.05, 3.63) is 18.5 Å². The summed E-state index contributed by atoms with van der Waals surface area (Å²) < 4.78 is 1.80. The van der Waals surface area contributed by atoms with Gasteiger partial charge in [0.25, 0.3) is 0 Å². The Morgan fingerprint density at radius 1 is 1.27 bits per heavy atom. The Balaban J connectivity index is 1.78. The molecule has 118 valence electrons. The van der Waals surface area contributed by atoms with Crippen LogP contribution in [0.1, 0.15) is 25.7 Å². The Hall–Kier alpha value is -2.15. The Kier molecular flexibility index (Phi) is 4.24. The predicted octanol–water partition coefficient (Wildman–Crippen LogP) is 1.60. The zero-order valence-corrected chi connectivity index (χ0v) is 13.1. The lowest BCUT2D eigenvalue weighted by Gasteiger charge is -2.26. The summed E-state index contributed by atoms with van der Waals surface area (Å²) >= 11 is 0. The van der Waals surface area contributed by atoms with E-state index in [9.17, 15) is 0 Å². The van der Waals surface area contributed by atoms with Crippen LogP contribution in [0.3, 0.4) is 0 Å². The Morgan fingerprint density at radius 2 is 2.05 bits per heavy atom. The maximum atomic E-state index is 5.95. The molecule has 0 unspecified atom stereocenters. The van der Waals surface area contributed by atoms with Crippen LogP contribution in [0.4, 0.5) is 11.8 Å². The summed E-state index contributed by atoms with van der Waals surface area (Å²) in [5.74, 6) is 1.61. The van der Waals surface area contributed by atoms with Gasteiger partial charge in [-0.15, -0.1) is 0 Å². The maximum absolute atomic E-state index is 5.95. The zero-order chi connectivity index (χ0) is 15.5. The monoisotopic (exact) mass is 301 g/mol. The van der Waals surface area contributed by atoms with Crippen LogP contribution < -0.4 is 16.4 Å². The second-order valence-electron chi connectivity index (χ2n) is 5.80. The summed E-state index contributed by atoms with van der Waals surface area (Å²) in [7, 11) is 3.78. The predicted molar refractivity (Wildman–Crippen MR) is 87.6 cm³/mol. The van der Waals surface area contributed by atoms with Crippen molar-refractivity contribution in [3.8, 4) is 11.3 Å². The van der Waals surface area contributed by atoms with Crippen molar-refractivity contribution >= 4 is 11.8 Å². The van der Waals surface area contributed by atoms with E-state index in [1.165, 1.54) is 0 Å². The molecule has 7 nitrogen and oxygen atoms in total. The minimum Gasteiger partial charge on any atom is -0.373 e. The first kappa shape index (κ1) is 14.8. The van der Waals surface area contributed by atoms with Gasteiger partial charge in [-0.3, -0.25) is 4.68 Å². The molecule has 7 heteroatoms. The average molecular weight is 301 g/mol. The fourth-order valence-corrected chi connectivity index (χ4v) is 2.95. The normalized spacial score (nSPS) is 21.6. The van der Waals surface area contributed by atoms with Crippen LogP contribution in [0.5, 0.6) is 0 Å². The van der Waals surface area contributed by atoms with Crippen LogP contribution in [-0.4, -0.2) is 38.9 Å². The molecular formula is C15H23N7. The van der Waals surface area contributed by atoms with Crippen molar-refractivity contribution in [2.45, 2.75) is 37.8 Å². The molecule has 1 fully saturated rings.